The van der Waals surface area contributed by atoms with Gasteiger partial charge in [0.05, 0.1) is 17.8 Å². The van der Waals surface area contributed by atoms with Crippen LogP contribution in [0.25, 0.3) is 11.4 Å². The molecule has 1 aliphatic heterocycles. The van der Waals surface area contributed by atoms with Crippen molar-refractivity contribution in [1.82, 2.24) is 20.2 Å². The van der Waals surface area contributed by atoms with Crippen molar-refractivity contribution in [2.45, 2.75) is 77.5 Å². The number of halogens is 1. The number of alkyl carbamates (subject to hydrolysis) is 1. The molecule has 212 valence electrons. The Balaban J connectivity index is 1.65. The molecule has 1 unspecified atom stereocenters. The molecule has 2 atom stereocenters. The number of aromatic amines is 1. The van der Waals surface area contributed by atoms with Crippen molar-refractivity contribution in [2.24, 2.45) is 0 Å². The van der Waals surface area contributed by atoms with E-state index in [0.29, 0.717) is 29.4 Å². The molecule has 4 rings (SSSR count). The molecular formula is C31H37ClN4O4. The summed E-state index contributed by atoms with van der Waals surface area (Å²) in [6.07, 6.45) is 2.33. The SMILES string of the molecule is CCCCC1CN(C(=O)[C@H](Cc2ccccc2)NC(=O)OC(C)(C)C)Cc2c1nc(-c1ccc(Cl)cc1)[nH]c2=O. The lowest BCUT2D eigenvalue weighted by Crippen LogP contribution is -2.53. The number of unbranched alkanes of at least 4 members (excludes halogenated alkanes) is 1. The molecule has 0 aliphatic carbocycles. The summed E-state index contributed by atoms with van der Waals surface area (Å²) in [6.45, 7) is 7.96. The maximum atomic E-state index is 14.0. The number of rotatable bonds is 8. The Kier molecular flexibility index (Phi) is 9.30. The molecule has 2 heterocycles. The lowest BCUT2D eigenvalue weighted by molar-refractivity contribution is -0.134. The van der Waals surface area contributed by atoms with E-state index in [-0.39, 0.29) is 23.9 Å². The van der Waals surface area contributed by atoms with Crippen LogP contribution in [0.1, 0.15) is 69.7 Å². The van der Waals surface area contributed by atoms with Crippen LogP contribution < -0.4 is 10.9 Å². The number of benzene rings is 2. The summed E-state index contributed by atoms with van der Waals surface area (Å²) >= 11 is 6.05. The molecule has 2 aromatic carbocycles. The van der Waals surface area contributed by atoms with Crippen molar-refractivity contribution < 1.29 is 14.3 Å². The summed E-state index contributed by atoms with van der Waals surface area (Å²) in [5.74, 6) is 0.109. The third-order valence-corrected chi connectivity index (χ3v) is 7.08. The van der Waals surface area contributed by atoms with Gasteiger partial charge < -0.3 is 19.9 Å². The van der Waals surface area contributed by atoms with Crippen LogP contribution in [0.4, 0.5) is 4.79 Å². The molecular weight excluding hydrogens is 528 g/mol. The fraction of sp³-hybridized carbons (Fsp3) is 0.419. The highest BCUT2D eigenvalue weighted by Crippen LogP contribution is 2.31. The normalized spacial score (nSPS) is 15.7. The Morgan fingerprint density at radius 1 is 1.15 bits per heavy atom. The molecule has 1 aliphatic rings. The number of amides is 2. The fourth-order valence-electron chi connectivity index (χ4n) is 4.92. The lowest BCUT2D eigenvalue weighted by atomic mass is 9.90. The first kappa shape index (κ1) is 29.3. The van der Waals surface area contributed by atoms with Crippen LogP contribution in [0, 0.1) is 0 Å². The van der Waals surface area contributed by atoms with Gasteiger partial charge in [-0.3, -0.25) is 9.59 Å². The first-order valence-electron chi connectivity index (χ1n) is 13.7. The molecule has 0 spiro atoms. The van der Waals surface area contributed by atoms with E-state index in [1.54, 1.807) is 37.8 Å². The third kappa shape index (κ3) is 7.50. The summed E-state index contributed by atoms with van der Waals surface area (Å²) in [5.41, 5.74) is 1.90. The number of ether oxygens (including phenoxy) is 1. The average Bonchev–Trinajstić information content (AvgIpc) is 2.91. The first-order valence-corrected chi connectivity index (χ1v) is 14.1. The van der Waals surface area contributed by atoms with Crippen molar-refractivity contribution in [3.8, 4) is 11.4 Å². The molecule has 0 saturated carbocycles. The van der Waals surface area contributed by atoms with E-state index in [0.717, 1.165) is 36.1 Å². The highest BCUT2D eigenvalue weighted by atomic mass is 35.5. The summed E-state index contributed by atoms with van der Waals surface area (Å²) in [4.78, 5) is 49.5. The molecule has 0 fully saturated rings. The Hall–Kier alpha value is -3.65. The molecule has 3 aromatic rings. The number of hydrogen-bond acceptors (Lipinski definition) is 5. The van der Waals surface area contributed by atoms with E-state index in [1.807, 2.05) is 42.5 Å². The number of carbonyl (C=O) groups excluding carboxylic acids is 2. The molecule has 40 heavy (non-hydrogen) atoms. The minimum atomic E-state index is -0.856. The number of hydrogen-bond donors (Lipinski definition) is 2. The van der Waals surface area contributed by atoms with E-state index >= 15 is 0 Å². The van der Waals surface area contributed by atoms with Gasteiger partial charge in [-0.25, -0.2) is 9.78 Å². The second kappa shape index (κ2) is 12.7. The maximum absolute atomic E-state index is 14.0. The topological polar surface area (TPSA) is 104 Å². The van der Waals surface area contributed by atoms with Gasteiger partial charge >= 0.3 is 6.09 Å². The number of aromatic nitrogens is 2. The van der Waals surface area contributed by atoms with E-state index < -0.39 is 17.7 Å². The minimum Gasteiger partial charge on any atom is -0.444 e. The Morgan fingerprint density at radius 3 is 2.50 bits per heavy atom. The van der Waals surface area contributed by atoms with Crippen LogP contribution >= 0.6 is 11.6 Å². The van der Waals surface area contributed by atoms with Crippen LogP contribution in [0.2, 0.25) is 5.02 Å². The van der Waals surface area contributed by atoms with Crippen LogP contribution in [0.3, 0.4) is 0 Å². The Labute approximate surface area is 240 Å². The smallest absolute Gasteiger partial charge is 0.408 e. The molecule has 8 nitrogen and oxygen atoms in total. The Morgan fingerprint density at radius 2 is 1.85 bits per heavy atom. The van der Waals surface area contributed by atoms with E-state index in [1.165, 1.54) is 0 Å². The summed E-state index contributed by atoms with van der Waals surface area (Å²) < 4.78 is 5.46. The molecule has 0 bridgehead atoms. The molecule has 2 amide bonds. The maximum Gasteiger partial charge on any atom is 0.408 e. The van der Waals surface area contributed by atoms with Crippen molar-refractivity contribution in [3.05, 3.63) is 86.8 Å². The van der Waals surface area contributed by atoms with Gasteiger partial charge in [-0.1, -0.05) is 61.7 Å². The van der Waals surface area contributed by atoms with Crippen molar-refractivity contribution in [1.29, 1.82) is 0 Å². The van der Waals surface area contributed by atoms with Crippen molar-refractivity contribution >= 4 is 23.6 Å². The predicted molar refractivity (Wildman–Crippen MR) is 156 cm³/mol. The van der Waals surface area contributed by atoms with E-state index in [9.17, 15) is 14.4 Å². The largest absolute Gasteiger partial charge is 0.444 e. The number of nitrogens with one attached hydrogen (secondary N) is 2. The second-order valence-electron chi connectivity index (χ2n) is 11.2. The van der Waals surface area contributed by atoms with Gasteiger partial charge in [0.1, 0.15) is 17.5 Å². The van der Waals surface area contributed by atoms with Gasteiger partial charge in [0.15, 0.2) is 0 Å². The van der Waals surface area contributed by atoms with Crippen molar-refractivity contribution in [3.63, 3.8) is 0 Å². The summed E-state index contributed by atoms with van der Waals surface area (Å²) in [6, 6.07) is 15.8. The van der Waals surface area contributed by atoms with Crippen LogP contribution in [0.5, 0.6) is 0 Å². The van der Waals surface area contributed by atoms with Crippen molar-refractivity contribution in [2.75, 3.05) is 6.54 Å². The van der Waals surface area contributed by atoms with Gasteiger partial charge in [0.2, 0.25) is 5.91 Å². The van der Waals surface area contributed by atoms with Crippen LogP contribution in [-0.4, -0.2) is 45.1 Å². The first-order chi connectivity index (χ1) is 19.0. The zero-order valence-corrected chi connectivity index (χ0v) is 24.3. The summed E-state index contributed by atoms with van der Waals surface area (Å²) in [5, 5.41) is 3.39. The average molecular weight is 565 g/mol. The zero-order valence-electron chi connectivity index (χ0n) is 23.5. The minimum absolute atomic E-state index is 0.111. The molecule has 0 radical (unpaired) electrons. The highest BCUT2D eigenvalue weighted by Gasteiger charge is 2.35. The zero-order chi connectivity index (χ0) is 28.9. The van der Waals surface area contributed by atoms with E-state index in [2.05, 4.69) is 17.2 Å². The fourth-order valence-corrected chi connectivity index (χ4v) is 5.05. The lowest BCUT2D eigenvalue weighted by Gasteiger charge is -2.36. The molecule has 1 aromatic heterocycles. The van der Waals surface area contributed by atoms with Crippen LogP contribution in [-0.2, 0) is 22.5 Å². The number of fused-ring (bicyclic) bond motifs is 1. The monoisotopic (exact) mass is 564 g/mol. The number of nitrogens with zero attached hydrogens (tertiary/aromatic N) is 2. The quantitative estimate of drug-likeness (QED) is 0.357. The summed E-state index contributed by atoms with van der Waals surface area (Å²) in [7, 11) is 0. The van der Waals surface area contributed by atoms with Gasteiger partial charge in [0, 0.05) is 29.5 Å². The number of carbonyl (C=O) groups is 2. The molecule has 0 saturated heterocycles. The van der Waals surface area contributed by atoms with Gasteiger partial charge in [-0.05, 0) is 57.0 Å². The third-order valence-electron chi connectivity index (χ3n) is 6.83. The van der Waals surface area contributed by atoms with E-state index in [4.69, 9.17) is 21.3 Å². The standard InChI is InChI=1S/C31H37ClN4O4/c1-5-6-12-22-18-36(19-24-26(22)34-27(35-28(24)37)21-13-15-23(32)16-14-21)29(38)25(17-20-10-8-7-9-11-20)33-30(39)40-31(2,3)4/h7-11,13-16,22,25H,5-6,12,17-19H2,1-4H3,(H,33,39)(H,34,35,37)/t22?,25-/m0/s1. The van der Waals surface area contributed by atoms with Gasteiger partial charge in [0.25, 0.3) is 5.56 Å². The predicted octanol–water partition coefficient (Wildman–Crippen LogP) is 5.84. The highest BCUT2D eigenvalue weighted by molar-refractivity contribution is 6.30. The molecule has 2 N–H and O–H groups in total. The number of H-pyrrole nitrogens is 1. The van der Waals surface area contributed by atoms with Gasteiger partial charge in [-0.15, -0.1) is 0 Å². The van der Waals surface area contributed by atoms with Gasteiger partial charge in [-0.2, -0.15) is 0 Å². The second-order valence-corrected chi connectivity index (χ2v) is 11.7. The molecule has 9 heteroatoms. The van der Waals surface area contributed by atoms with Crippen LogP contribution in [0.15, 0.2) is 59.4 Å². The Bertz CT molecular complexity index is 1380.